The Morgan fingerprint density at radius 1 is 1.30 bits per heavy atom. The summed E-state index contributed by atoms with van der Waals surface area (Å²) >= 11 is 0. The van der Waals surface area contributed by atoms with Gasteiger partial charge in [0, 0.05) is 13.1 Å². The number of hydrogen-bond donors (Lipinski definition) is 1. The van der Waals surface area contributed by atoms with E-state index in [0.29, 0.717) is 11.6 Å². The molecule has 20 heavy (non-hydrogen) atoms. The minimum absolute atomic E-state index is 0.108. The van der Waals surface area contributed by atoms with Crippen molar-refractivity contribution in [1.29, 1.82) is 0 Å². The van der Waals surface area contributed by atoms with Crippen LogP contribution in [0.5, 0.6) is 17.4 Å². The van der Waals surface area contributed by atoms with Crippen LogP contribution in [-0.2, 0) is 0 Å². The lowest BCUT2D eigenvalue weighted by Crippen LogP contribution is -1.97. The van der Waals surface area contributed by atoms with Gasteiger partial charge in [0.25, 0.3) is 0 Å². The molecule has 2 rings (SSSR count). The first-order valence-corrected chi connectivity index (χ1v) is 5.79. The van der Waals surface area contributed by atoms with E-state index < -0.39 is 4.92 Å². The normalized spacial score (nSPS) is 9.90. The molecule has 0 fully saturated rings. The van der Waals surface area contributed by atoms with Crippen LogP contribution in [0.3, 0.4) is 0 Å². The van der Waals surface area contributed by atoms with Gasteiger partial charge >= 0.3 is 5.69 Å². The number of benzene rings is 1. The Kier molecular flexibility index (Phi) is 3.99. The molecule has 0 aliphatic rings. The van der Waals surface area contributed by atoms with Gasteiger partial charge in [0.2, 0.25) is 11.6 Å². The number of nitro benzene ring substituents is 1. The van der Waals surface area contributed by atoms with Crippen LogP contribution in [-0.4, -0.2) is 24.1 Å². The van der Waals surface area contributed by atoms with Crippen LogP contribution in [0.25, 0.3) is 0 Å². The zero-order valence-corrected chi connectivity index (χ0v) is 11.0. The van der Waals surface area contributed by atoms with Crippen molar-refractivity contribution in [1.82, 2.24) is 4.98 Å². The van der Waals surface area contributed by atoms with Crippen LogP contribution in [0.4, 0.5) is 11.5 Å². The highest BCUT2D eigenvalue weighted by Crippen LogP contribution is 2.33. The molecule has 2 aromatic rings. The Labute approximate surface area is 115 Å². The number of nitrogens with zero attached hydrogens (tertiary/aromatic N) is 2. The third-order valence-electron chi connectivity index (χ3n) is 2.56. The maximum atomic E-state index is 11.0. The molecular formula is C13H13N3O4. The van der Waals surface area contributed by atoms with Crippen molar-refractivity contribution in [3.05, 3.63) is 46.5 Å². The standard InChI is InChI=1S/C13H13N3O4/c1-14-12-4-3-5-13(15-12)20-11-7-6-9(19-2)8-10(11)16(17)18/h3-8H,1-2H3,(H,14,15). The second-order valence-corrected chi connectivity index (χ2v) is 3.80. The minimum Gasteiger partial charge on any atom is -0.496 e. The van der Waals surface area contributed by atoms with Crippen LogP contribution < -0.4 is 14.8 Å². The molecule has 0 saturated heterocycles. The molecule has 1 heterocycles. The quantitative estimate of drug-likeness (QED) is 0.667. The Hall–Kier alpha value is -2.83. The minimum atomic E-state index is -0.528. The van der Waals surface area contributed by atoms with E-state index in [1.54, 1.807) is 31.3 Å². The van der Waals surface area contributed by atoms with Gasteiger partial charge in [0.1, 0.15) is 11.6 Å². The molecule has 7 nitrogen and oxygen atoms in total. The summed E-state index contributed by atoms with van der Waals surface area (Å²) in [6.45, 7) is 0. The number of nitrogens with one attached hydrogen (secondary N) is 1. The zero-order chi connectivity index (χ0) is 14.5. The van der Waals surface area contributed by atoms with Crippen molar-refractivity contribution < 1.29 is 14.4 Å². The van der Waals surface area contributed by atoms with Gasteiger partial charge < -0.3 is 14.8 Å². The molecule has 1 aromatic heterocycles. The van der Waals surface area contributed by atoms with E-state index in [9.17, 15) is 10.1 Å². The Bertz CT molecular complexity index is 631. The molecule has 0 bridgehead atoms. The van der Waals surface area contributed by atoms with Gasteiger partial charge in [0.05, 0.1) is 18.1 Å². The molecule has 1 aromatic carbocycles. The van der Waals surface area contributed by atoms with Crippen molar-refractivity contribution in [3.63, 3.8) is 0 Å². The summed E-state index contributed by atoms with van der Waals surface area (Å²) in [6.07, 6.45) is 0. The Morgan fingerprint density at radius 3 is 2.75 bits per heavy atom. The summed E-state index contributed by atoms with van der Waals surface area (Å²) in [5.74, 6) is 1.38. The van der Waals surface area contributed by atoms with Crippen LogP contribution in [0.1, 0.15) is 0 Å². The van der Waals surface area contributed by atoms with E-state index in [1.165, 1.54) is 19.2 Å². The van der Waals surface area contributed by atoms with Gasteiger partial charge in [-0.15, -0.1) is 0 Å². The molecule has 0 amide bonds. The predicted molar refractivity (Wildman–Crippen MR) is 73.5 cm³/mol. The van der Waals surface area contributed by atoms with Crippen molar-refractivity contribution in [2.45, 2.75) is 0 Å². The van der Waals surface area contributed by atoms with Crippen LogP contribution in [0.2, 0.25) is 0 Å². The number of ether oxygens (including phenoxy) is 2. The molecular weight excluding hydrogens is 262 g/mol. The van der Waals surface area contributed by atoms with Gasteiger partial charge in [-0.3, -0.25) is 10.1 Å². The molecule has 0 atom stereocenters. The molecule has 0 saturated carbocycles. The van der Waals surface area contributed by atoms with E-state index in [-0.39, 0.29) is 17.3 Å². The molecule has 0 aliphatic carbocycles. The lowest BCUT2D eigenvalue weighted by Gasteiger charge is -2.08. The van der Waals surface area contributed by atoms with E-state index in [4.69, 9.17) is 9.47 Å². The summed E-state index contributed by atoms with van der Waals surface area (Å²) in [5, 5.41) is 13.9. The number of pyridine rings is 1. The SMILES string of the molecule is CNc1cccc(Oc2ccc(OC)cc2[N+](=O)[O-])n1. The first-order chi connectivity index (χ1) is 9.63. The Balaban J connectivity index is 2.34. The van der Waals surface area contributed by atoms with E-state index in [1.807, 2.05) is 0 Å². The molecule has 0 unspecified atom stereocenters. The van der Waals surface area contributed by atoms with Crippen LogP contribution in [0, 0.1) is 10.1 Å². The smallest absolute Gasteiger partial charge is 0.315 e. The number of hydrogen-bond acceptors (Lipinski definition) is 6. The number of rotatable bonds is 5. The number of nitro groups is 1. The van der Waals surface area contributed by atoms with Crippen molar-refractivity contribution in [2.75, 3.05) is 19.5 Å². The van der Waals surface area contributed by atoms with Gasteiger partial charge in [-0.25, -0.2) is 0 Å². The first kappa shape index (κ1) is 13.6. The number of aromatic nitrogens is 1. The summed E-state index contributed by atoms with van der Waals surface area (Å²) in [7, 11) is 3.17. The van der Waals surface area contributed by atoms with Gasteiger partial charge in [-0.1, -0.05) is 6.07 Å². The first-order valence-electron chi connectivity index (χ1n) is 5.79. The van der Waals surface area contributed by atoms with Crippen LogP contribution >= 0.6 is 0 Å². The average Bonchev–Trinajstić information content (AvgIpc) is 2.47. The molecule has 0 radical (unpaired) electrons. The highest BCUT2D eigenvalue weighted by molar-refractivity contribution is 5.52. The fourth-order valence-corrected chi connectivity index (χ4v) is 1.58. The van der Waals surface area contributed by atoms with E-state index >= 15 is 0 Å². The average molecular weight is 275 g/mol. The zero-order valence-electron chi connectivity index (χ0n) is 11.0. The monoisotopic (exact) mass is 275 g/mol. The highest BCUT2D eigenvalue weighted by Gasteiger charge is 2.17. The fraction of sp³-hybridized carbons (Fsp3) is 0.154. The molecule has 7 heteroatoms. The lowest BCUT2D eigenvalue weighted by atomic mass is 10.3. The summed E-state index contributed by atoms with van der Waals surface area (Å²) in [6, 6.07) is 9.49. The number of methoxy groups -OCH3 is 1. The maximum Gasteiger partial charge on any atom is 0.315 e. The van der Waals surface area contributed by atoms with Crippen LogP contribution in [0.15, 0.2) is 36.4 Å². The summed E-state index contributed by atoms with van der Waals surface area (Å²) < 4.78 is 10.4. The molecule has 0 aliphatic heterocycles. The molecule has 1 N–H and O–H groups in total. The van der Waals surface area contributed by atoms with Crippen molar-refractivity contribution >= 4 is 11.5 Å². The van der Waals surface area contributed by atoms with E-state index in [2.05, 4.69) is 10.3 Å². The van der Waals surface area contributed by atoms with Gasteiger partial charge in [-0.05, 0) is 18.2 Å². The van der Waals surface area contributed by atoms with E-state index in [0.717, 1.165) is 0 Å². The van der Waals surface area contributed by atoms with Gasteiger partial charge in [0.15, 0.2) is 0 Å². The third kappa shape index (κ3) is 2.94. The fourth-order valence-electron chi connectivity index (χ4n) is 1.58. The third-order valence-corrected chi connectivity index (χ3v) is 2.56. The maximum absolute atomic E-state index is 11.0. The second-order valence-electron chi connectivity index (χ2n) is 3.80. The molecule has 104 valence electrons. The lowest BCUT2D eigenvalue weighted by molar-refractivity contribution is -0.385. The van der Waals surface area contributed by atoms with Gasteiger partial charge in [-0.2, -0.15) is 4.98 Å². The van der Waals surface area contributed by atoms with Crippen molar-refractivity contribution in [3.8, 4) is 17.4 Å². The second kappa shape index (κ2) is 5.87. The van der Waals surface area contributed by atoms with Crippen molar-refractivity contribution in [2.24, 2.45) is 0 Å². The predicted octanol–water partition coefficient (Wildman–Crippen LogP) is 2.83. The highest BCUT2D eigenvalue weighted by atomic mass is 16.6. The summed E-state index contributed by atoms with van der Waals surface area (Å²) in [4.78, 5) is 14.7. The summed E-state index contributed by atoms with van der Waals surface area (Å²) in [5.41, 5.74) is -0.180. The largest absolute Gasteiger partial charge is 0.496 e. The number of anilines is 1. The topological polar surface area (TPSA) is 86.5 Å². The Morgan fingerprint density at radius 2 is 2.10 bits per heavy atom. The molecule has 0 spiro atoms.